The molecule has 2 fully saturated rings. The standard InChI is InChI=1S/C14H19NO3/c16-8-11-6-12-9-18-15(13(12)14(11)17)7-10-4-2-1-3-5-10/h1-5,11-14,16-17H,6-9H2/t11-,12-,13+,14+/m0/s1. The van der Waals surface area contributed by atoms with Gasteiger partial charge in [-0.25, -0.2) is 0 Å². The van der Waals surface area contributed by atoms with Crippen molar-refractivity contribution in [1.29, 1.82) is 0 Å². The van der Waals surface area contributed by atoms with Gasteiger partial charge in [0, 0.05) is 25.0 Å². The van der Waals surface area contributed by atoms with Crippen LogP contribution in [0.25, 0.3) is 0 Å². The zero-order valence-electron chi connectivity index (χ0n) is 10.3. The van der Waals surface area contributed by atoms with Crippen molar-refractivity contribution in [3.63, 3.8) is 0 Å². The van der Waals surface area contributed by atoms with Crippen LogP contribution in [0.3, 0.4) is 0 Å². The highest BCUT2D eigenvalue weighted by atomic mass is 16.7. The Balaban J connectivity index is 1.71. The molecular formula is C14H19NO3. The normalized spacial score (nSPS) is 35.9. The summed E-state index contributed by atoms with van der Waals surface area (Å²) in [6, 6.07) is 10.1. The van der Waals surface area contributed by atoms with Crippen LogP contribution in [-0.4, -0.2) is 40.6 Å². The van der Waals surface area contributed by atoms with E-state index < -0.39 is 6.10 Å². The first-order chi connectivity index (χ1) is 8.79. The molecule has 3 rings (SSSR count). The van der Waals surface area contributed by atoms with Crippen molar-refractivity contribution < 1.29 is 15.1 Å². The van der Waals surface area contributed by atoms with Gasteiger partial charge in [0.1, 0.15) is 0 Å². The van der Waals surface area contributed by atoms with Gasteiger partial charge in [-0.05, 0) is 12.0 Å². The number of hydrogen-bond acceptors (Lipinski definition) is 4. The Morgan fingerprint density at radius 3 is 2.78 bits per heavy atom. The van der Waals surface area contributed by atoms with Gasteiger partial charge in [-0.1, -0.05) is 30.3 Å². The second-order valence-electron chi connectivity index (χ2n) is 5.28. The fourth-order valence-electron chi connectivity index (χ4n) is 3.17. The molecule has 1 aromatic carbocycles. The third kappa shape index (κ3) is 2.06. The maximum Gasteiger partial charge on any atom is 0.0772 e. The number of hydroxylamine groups is 2. The summed E-state index contributed by atoms with van der Waals surface area (Å²) in [5.74, 6) is 0.350. The van der Waals surface area contributed by atoms with Crippen LogP contribution in [0.1, 0.15) is 12.0 Å². The number of benzene rings is 1. The first-order valence-corrected chi connectivity index (χ1v) is 6.52. The molecule has 0 bridgehead atoms. The Labute approximate surface area is 107 Å². The van der Waals surface area contributed by atoms with E-state index >= 15 is 0 Å². The second kappa shape index (κ2) is 4.97. The lowest BCUT2D eigenvalue weighted by Crippen LogP contribution is -2.39. The molecule has 1 saturated carbocycles. The van der Waals surface area contributed by atoms with Crippen molar-refractivity contribution in [2.24, 2.45) is 11.8 Å². The highest BCUT2D eigenvalue weighted by molar-refractivity contribution is 5.15. The summed E-state index contributed by atoms with van der Waals surface area (Å²) < 4.78 is 0. The Morgan fingerprint density at radius 1 is 1.28 bits per heavy atom. The summed E-state index contributed by atoms with van der Waals surface area (Å²) in [6.07, 6.45) is 0.374. The molecule has 0 amide bonds. The molecule has 1 aliphatic carbocycles. The first-order valence-electron chi connectivity index (χ1n) is 6.52. The predicted octanol–water partition coefficient (Wildman–Crippen LogP) is 0.792. The topological polar surface area (TPSA) is 52.9 Å². The van der Waals surface area contributed by atoms with E-state index in [0.717, 1.165) is 6.42 Å². The van der Waals surface area contributed by atoms with E-state index in [1.165, 1.54) is 5.56 Å². The van der Waals surface area contributed by atoms with Crippen LogP contribution >= 0.6 is 0 Å². The lowest BCUT2D eigenvalue weighted by atomic mass is 10.0. The zero-order chi connectivity index (χ0) is 12.5. The van der Waals surface area contributed by atoms with Crippen LogP contribution in [0.5, 0.6) is 0 Å². The van der Waals surface area contributed by atoms with Crippen molar-refractivity contribution in [2.45, 2.75) is 25.1 Å². The second-order valence-corrected chi connectivity index (χ2v) is 5.28. The molecule has 1 heterocycles. The summed E-state index contributed by atoms with van der Waals surface area (Å²) in [4.78, 5) is 5.68. The van der Waals surface area contributed by atoms with E-state index in [0.29, 0.717) is 19.1 Å². The highest BCUT2D eigenvalue weighted by Crippen LogP contribution is 2.40. The summed E-state index contributed by atoms with van der Waals surface area (Å²) in [5.41, 5.74) is 1.18. The highest BCUT2D eigenvalue weighted by Gasteiger charge is 2.49. The van der Waals surface area contributed by atoms with Crippen LogP contribution in [0.2, 0.25) is 0 Å². The van der Waals surface area contributed by atoms with E-state index in [9.17, 15) is 10.2 Å². The summed E-state index contributed by atoms with van der Waals surface area (Å²) >= 11 is 0. The van der Waals surface area contributed by atoms with E-state index in [1.54, 1.807) is 0 Å². The SMILES string of the molecule is OC[C@@H]1C[C@H]2CON(Cc3ccccc3)[C@H]2[C@@H]1O. The Hall–Kier alpha value is -0.940. The van der Waals surface area contributed by atoms with E-state index in [-0.39, 0.29) is 18.6 Å². The maximum atomic E-state index is 10.2. The number of fused-ring (bicyclic) bond motifs is 1. The van der Waals surface area contributed by atoms with Gasteiger partial charge in [-0.2, -0.15) is 5.06 Å². The summed E-state index contributed by atoms with van der Waals surface area (Å²) in [6.45, 7) is 1.41. The van der Waals surface area contributed by atoms with E-state index in [1.807, 2.05) is 23.3 Å². The van der Waals surface area contributed by atoms with Crippen LogP contribution in [-0.2, 0) is 11.4 Å². The number of aliphatic hydroxyl groups is 2. The van der Waals surface area contributed by atoms with Gasteiger partial charge in [0.15, 0.2) is 0 Å². The number of rotatable bonds is 3. The molecule has 1 aromatic rings. The third-order valence-electron chi connectivity index (χ3n) is 4.12. The van der Waals surface area contributed by atoms with Crippen molar-refractivity contribution in [1.82, 2.24) is 5.06 Å². The fourth-order valence-corrected chi connectivity index (χ4v) is 3.17. The van der Waals surface area contributed by atoms with Crippen molar-refractivity contribution in [3.8, 4) is 0 Å². The van der Waals surface area contributed by atoms with Gasteiger partial charge in [-0.15, -0.1) is 0 Å². The summed E-state index contributed by atoms with van der Waals surface area (Å²) in [5, 5.41) is 21.4. The lowest BCUT2D eigenvalue weighted by molar-refractivity contribution is -0.162. The monoisotopic (exact) mass is 249 g/mol. The third-order valence-corrected chi connectivity index (χ3v) is 4.12. The quantitative estimate of drug-likeness (QED) is 0.831. The first kappa shape index (κ1) is 12.1. The molecule has 0 aromatic heterocycles. The van der Waals surface area contributed by atoms with Crippen molar-refractivity contribution in [2.75, 3.05) is 13.2 Å². The minimum atomic E-state index is -0.480. The average molecular weight is 249 g/mol. The van der Waals surface area contributed by atoms with Crippen LogP contribution in [0.15, 0.2) is 30.3 Å². The van der Waals surface area contributed by atoms with Gasteiger partial charge >= 0.3 is 0 Å². The van der Waals surface area contributed by atoms with Gasteiger partial charge in [-0.3, -0.25) is 4.84 Å². The van der Waals surface area contributed by atoms with E-state index in [2.05, 4.69) is 12.1 Å². The lowest BCUT2D eigenvalue weighted by Gasteiger charge is -2.26. The van der Waals surface area contributed by atoms with E-state index in [4.69, 9.17) is 4.84 Å². The molecule has 0 spiro atoms. The smallest absolute Gasteiger partial charge is 0.0772 e. The Morgan fingerprint density at radius 2 is 2.06 bits per heavy atom. The Bertz CT molecular complexity index is 397. The molecule has 0 unspecified atom stereocenters. The minimum absolute atomic E-state index is 0.00201. The molecule has 1 saturated heterocycles. The number of nitrogens with zero attached hydrogens (tertiary/aromatic N) is 1. The van der Waals surface area contributed by atoms with Crippen molar-refractivity contribution >= 4 is 0 Å². The zero-order valence-corrected chi connectivity index (χ0v) is 10.3. The Kier molecular flexibility index (Phi) is 3.35. The maximum absolute atomic E-state index is 10.2. The van der Waals surface area contributed by atoms with Crippen LogP contribution in [0, 0.1) is 11.8 Å². The largest absolute Gasteiger partial charge is 0.396 e. The molecule has 18 heavy (non-hydrogen) atoms. The molecule has 2 aliphatic rings. The van der Waals surface area contributed by atoms with Gasteiger partial charge in [0.2, 0.25) is 0 Å². The average Bonchev–Trinajstić information content (AvgIpc) is 2.92. The molecule has 2 N–H and O–H groups in total. The molecule has 0 radical (unpaired) electrons. The fraction of sp³-hybridized carbons (Fsp3) is 0.571. The van der Waals surface area contributed by atoms with Gasteiger partial charge in [0.05, 0.1) is 18.8 Å². The molecule has 98 valence electrons. The van der Waals surface area contributed by atoms with Gasteiger partial charge in [0.25, 0.3) is 0 Å². The number of hydrogen-bond donors (Lipinski definition) is 2. The summed E-state index contributed by atoms with van der Waals surface area (Å²) in [7, 11) is 0. The van der Waals surface area contributed by atoms with Crippen molar-refractivity contribution in [3.05, 3.63) is 35.9 Å². The molecule has 4 atom stereocenters. The van der Waals surface area contributed by atoms with Crippen LogP contribution in [0.4, 0.5) is 0 Å². The molecule has 4 nitrogen and oxygen atoms in total. The number of aliphatic hydroxyl groups excluding tert-OH is 2. The van der Waals surface area contributed by atoms with Crippen LogP contribution < -0.4 is 0 Å². The molecule has 1 aliphatic heterocycles. The van der Waals surface area contributed by atoms with Gasteiger partial charge < -0.3 is 10.2 Å². The predicted molar refractivity (Wildman–Crippen MR) is 66.4 cm³/mol. The molecule has 4 heteroatoms. The molecular weight excluding hydrogens is 230 g/mol. The minimum Gasteiger partial charge on any atom is -0.396 e.